The molecule has 0 radical (unpaired) electrons. The quantitative estimate of drug-likeness (QED) is 0.184. The molecule has 0 saturated carbocycles. The summed E-state index contributed by atoms with van der Waals surface area (Å²) in [5.41, 5.74) is 16.1. The number of nitrogens with one attached hydrogen (secondary N) is 2. The van der Waals surface area contributed by atoms with E-state index < -0.39 is 0 Å². The van der Waals surface area contributed by atoms with Gasteiger partial charge in [0.15, 0.2) is 5.78 Å². The number of Topliss-reactive ketones (excluding diaryl/α,β-unsaturated/α-hetero) is 1. The fraction of sp³-hybridized carbons (Fsp3) is 0.240. The van der Waals surface area contributed by atoms with Gasteiger partial charge >= 0.3 is 0 Å². The van der Waals surface area contributed by atoms with Crippen LogP contribution in [0.5, 0.6) is 0 Å². The predicted octanol–water partition coefficient (Wildman–Crippen LogP) is 6.89. The molecule has 1 heterocycles. The van der Waals surface area contributed by atoms with Crippen LogP contribution in [-0.4, -0.2) is 11.0 Å². The topological polar surface area (TPSA) is 110 Å². The first kappa shape index (κ1) is 20.1. The summed E-state index contributed by atoms with van der Waals surface area (Å²) >= 11 is 0. The van der Waals surface area contributed by atoms with E-state index in [1.807, 2.05) is 18.2 Å². The average molecular weight is 425 g/mol. The Morgan fingerprint density at radius 2 is 1.97 bits per heavy atom. The van der Waals surface area contributed by atoms with Crippen LogP contribution in [0.4, 0.5) is 17.1 Å². The molecular weight excluding hydrogens is 402 g/mol. The second-order valence-corrected chi connectivity index (χ2v) is 9.20. The first-order valence-electron chi connectivity index (χ1n) is 10.6. The smallest absolute Gasteiger partial charge is 0.162 e. The third-order valence-corrected chi connectivity index (χ3v) is 6.37. The molecule has 3 N–H and O–H groups in total. The monoisotopic (exact) mass is 425 g/mol. The Morgan fingerprint density at radius 3 is 2.75 bits per heavy atom. The van der Waals surface area contributed by atoms with Gasteiger partial charge in [-0.1, -0.05) is 61.4 Å². The normalized spacial score (nSPS) is 19.0. The van der Waals surface area contributed by atoms with Gasteiger partial charge in [-0.3, -0.25) is 15.5 Å². The molecule has 3 aromatic carbocycles. The van der Waals surface area contributed by atoms with Crippen molar-refractivity contribution in [3.8, 4) is 0 Å². The second-order valence-electron chi connectivity index (χ2n) is 9.20. The summed E-state index contributed by atoms with van der Waals surface area (Å²) in [5, 5.41) is 19.0. The van der Waals surface area contributed by atoms with Crippen molar-refractivity contribution >= 4 is 39.2 Å². The molecule has 0 bridgehead atoms. The summed E-state index contributed by atoms with van der Waals surface area (Å²) < 4.78 is 0. The fourth-order valence-corrected chi connectivity index (χ4v) is 5.05. The number of hydrogen-bond donors (Lipinski definition) is 3. The van der Waals surface area contributed by atoms with Gasteiger partial charge in [-0.2, -0.15) is 0 Å². The highest BCUT2D eigenvalue weighted by atomic mass is 16.5. The molecule has 1 atom stereocenters. The van der Waals surface area contributed by atoms with Gasteiger partial charge < -0.3 is 5.32 Å². The largest absolute Gasteiger partial charge is 0.373 e. The number of nitrogens with zero attached hydrogens (tertiary/aromatic N) is 3. The minimum Gasteiger partial charge on any atom is -0.373 e. The van der Waals surface area contributed by atoms with Gasteiger partial charge in [-0.05, 0) is 51.4 Å². The molecule has 0 amide bonds. The summed E-state index contributed by atoms with van der Waals surface area (Å²) in [5.74, 6) is 0.130. The molecule has 3 aromatic rings. The van der Waals surface area contributed by atoms with Crippen molar-refractivity contribution in [2.24, 2.45) is 10.5 Å². The Labute approximate surface area is 185 Å². The number of fused-ring (bicyclic) bond motifs is 4. The number of benzene rings is 3. The summed E-state index contributed by atoms with van der Waals surface area (Å²) in [4.78, 5) is 16.3. The lowest BCUT2D eigenvalue weighted by Crippen LogP contribution is -2.33. The highest BCUT2D eigenvalue weighted by Crippen LogP contribution is 2.52. The van der Waals surface area contributed by atoms with E-state index in [0.717, 1.165) is 45.2 Å². The van der Waals surface area contributed by atoms with Crippen LogP contribution in [0.1, 0.15) is 43.9 Å². The van der Waals surface area contributed by atoms with Crippen LogP contribution >= 0.6 is 0 Å². The minimum absolute atomic E-state index is 0.130. The van der Waals surface area contributed by atoms with Crippen molar-refractivity contribution in [1.82, 2.24) is 0 Å². The van der Waals surface area contributed by atoms with Crippen LogP contribution in [0.15, 0.2) is 65.3 Å². The lowest BCUT2D eigenvalue weighted by molar-refractivity contribution is -0.118. The fourth-order valence-electron chi connectivity index (χ4n) is 5.05. The van der Waals surface area contributed by atoms with Crippen LogP contribution in [0, 0.1) is 5.41 Å². The number of rotatable bonds is 3. The van der Waals surface area contributed by atoms with Crippen molar-refractivity contribution in [1.29, 1.82) is 0 Å². The molecule has 2 aliphatic rings. The molecule has 5 rings (SSSR count). The van der Waals surface area contributed by atoms with E-state index in [9.17, 15) is 10.0 Å². The van der Waals surface area contributed by atoms with E-state index in [4.69, 9.17) is 5.53 Å². The van der Waals surface area contributed by atoms with Crippen LogP contribution in [0.3, 0.4) is 0 Å². The summed E-state index contributed by atoms with van der Waals surface area (Å²) in [6.07, 6.45) is 1.28. The van der Waals surface area contributed by atoms with Gasteiger partial charge in [-0.15, -0.1) is 0 Å². The van der Waals surface area contributed by atoms with Crippen LogP contribution in [-0.2, 0) is 4.79 Å². The molecule has 1 aliphatic carbocycles. The standard InChI is InChI=1S/C25H23N5O2/c1-25(2)12-17-22-16-6-4-3-5-14(16)7-10-19(22)27-24(23(17)21(31)13-25)15-8-9-18(28-30-26)20(11-15)29-32/h3-11,24,27,29,32H,12-13H2,1-2H3. The SMILES string of the molecule is CC1(C)CC(=O)C2=C(C1)c1c(ccc3ccccc13)NC2c1ccc(N=[N+]=[N-])c(NO)c1. The van der Waals surface area contributed by atoms with Gasteiger partial charge in [0.1, 0.15) is 0 Å². The Morgan fingerprint density at radius 1 is 1.16 bits per heavy atom. The lowest BCUT2D eigenvalue weighted by atomic mass is 9.68. The molecule has 0 saturated heterocycles. The van der Waals surface area contributed by atoms with Crippen molar-refractivity contribution in [3.05, 3.63) is 81.7 Å². The van der Waals surface area contributed by atoms with Crippen LogP contribution in [0.2, 0.25) is 0 Å². The number of carbonyl (C=O) groups is 1. The highest BCUT2D eigenvalue weighted by Gasteiger charge is 2.40. The summed E-state index contributed by atoms with van der Waals surface area (Å²) in [7, 11) is 0. The number of azide groups is 1. The van der Waals surface area contributed by atoms with Crippen molar-refractivity contribution in [3.63, 3.8) is 0 Å². The Hall–Kier alpha value is -3.80. The van der Waals surface area contributed by atoms with E-state index in [2.05, 4.69) is 58.9 Å². The molecule has 1 aliphatic heterocycles. The minimum atomic E-state index is -0.366. The molecule has 0 aromatic heterocycles. The predicted molar refractivity (Wildman–Crippen MR) is 126 cm³/mol. The maximum atomic E-state index is 13.5. The Kier molecular flexibility index (Phi) is 4.66. The number of carbonyl (C=O) groups excluding carboxylic acids is 1. The number of allylic oxidation sites excluding steroid dienone is 1. The molecule has 7 nitrogen and oxygen atoms in total. The molecule has 0 spiro atoms. The van der Waals surface area contributed by atoms with Crippen molar-refractivity contribution in [2.45, 2.75) is 32.7 Å². The highest BCUT2D eigenvalue weighted by molar-refractivity contribution is 6.12. The number of ketones is 1. The first-order chi connectivity index (χ1) is 15.4. The van der Waals surface area contributed by atoms with Gasteiger partial charge in [0.05, 0.1) is 17.4 Å². The zero-order valence-corrected chi connectivity index (χ0v) is 17.9. The van der Waals surface area contributed by atoms with E-state index in [1.54, 1.807) is 12.1 Å². The average Bonchev–Trinajstić information content (AvgIpc) is 2.77. The molecule has 0 fully saturated rings. The molecule has 32 heavy (non-hydrogen) atoms. The van der Waals surface area contributed by atoms with Crippen molar-refractivity contribution in [2.75, 3.05) is 10.8 Å². The number of hydrogen-bond acceptors (Lipinski definition) is 5. The maximum Gasteiger partial charge on any atom is 0.162 e. The lowest BCUT2D eigenvalue weighted by Gasteiger charge is -2.40. The Bertz CT molecular complexity index is 1350. The van der Waals surface area contributed by atoms with E-state index >= 15 is 0 Å². The van der Waals surface area contributed by atoms with Gasteiger partial charge in [0.25, 0.3) is 0 Å². The van der Waals surface area contributed by atoms with Gasteiger partial charge in [0, 0.05) is 28.2 Å². The summed E-state index contributed by atoms with van der Waals surface area (Å²) in [6.45, 7) is 4.28. The first-order valence-corrected chi connectivity index (χ1v) is 10.6. The van der Waals surface area contributed by atoms with E-state index in [-0.39, 0.29) is 28.6 Å². The maximum absolute atomic E-state index is 13.5. The molecule has 160 valence electrons. The zero-order valence-electron chi connectivity index (χ0n) is 17.9. The summed E-state index contributed by atoms with van der Waals surface area (Å²) in [6, 6.07) is 17.2. The van der Waals surface area contributed by atoms with E-state index in [1.165, 1.54) is 0 Å². The number of anilines is 2. The van der Waals surface area contributed by atoms with Crippen LogP contribution in [0.25, 0.3) is 26.8 Å². The third-order valence-electron chi connectivity index (χ3n) is 6.37. The molecule has 7 heteroatoms. The molecular formula is C25H23N5O2. The van der Waals surface area contributed by atoms with Crippen LogP contribution < -0.4 is 10.8 Å². The van der Waals surface area contributed by atoms with Crippen molar-refractivity contribution < 1.29 is 10.0 Å². The zero-order chi connectivity index (χ0) is 22.5. The second kappa shape index (κ2) is 7.41. The van der Waals surface area contributed by atoms with Gasteiger partial charge in [-0.25, -0.2) is 0 Å². The molecule has 1 unspecified atom stereocenters. The van der Waals surface area contributed by atoms with Gasteiger partial charge in [0.2, 0.25) is 0 Å². The third kappa shape index (κ3) is 3.19. The van der Waals surface area contributed by atoms with E-state index in [0.29, 0.717) is 6.42 Å². The Balaban J connectivity index is 1.75.